The molecule has 0 heterocycles. The van der Waals surface area contributed by atoms with E-state index in [2.05, 4.69) is 0 Å². The van der Waals surface area contributed by atoms with Crippen LogP contribution in [0.15, 0.2) is 6.07 Å². The number of rotatable bonds is 5. The Kier molecular flexibility index (Phi) is 4.37. The van der Waals surface area contributed by atoms with Crippen LogP contribution >= 0.6 is 0 Å². The first-order chi connectivity index (χ1) is 8.01. The van der Waals surface area contributed by atoms with Crippen LogP contribution in [0.1, 0.15) is 30.9 Å². The zero-order valence-electron chi connectivity index (χ0n) is 10.4. The zero-order chi connectivity index (χ0) is 13.0. The highest BCUT2D eigenvalue weighted by molar-refractivity contribution is 5.78. The standard InChI is InChI=1S/C13H18O4/c1-4-9(14)5-6-10-12(16)7-11(15)8(2)13(10)17-3/h7,15-16H,4-6H2,1-3H3. The smallest absolute Gasteiger partial charge is 0.132 e. The van der Waals surface area contributed by atoms with Crippen LogP contribution in [0.4, 0.5) is 0 Å². The summed E-state index contributed by atoms with van der Waals surface area (Å²) in [6.45, 7) is 3.51. The molecule has 2 N–H and O–H groups in total. The molecule has 0 bridgehead atoms. The molecule has 0 aliphatic carbocycles. The average molecular weight is 238 g/mol. The molecule has 0 radical (unpaired) electrons. The minimum absolute atomic E-state index is 0.00934. The van der Waals surface area contributed by atoms with Crippen molar-refractivity contribution in [3.63, 3.8) is 0 Å². The van der Waals surface area contributed by atoms with Crippen LogP contribution in [0.2, 0.25) is 0 Å². The van der Waals surface area contributed by atoms with Crippen molar-refractivity contribution < 1.29 is 19.7 Å². The predicted octanol–water partition coefficient (Wildman–Crippen LogP) is 2.33. The van der Waals surface area contributed by atoms with Gasteiger partial charge in [0.15, 0.2) is 0 Å². The number of phenolic OH excluding ortho intramolecular Hbond substituents is 2. The van der Waals surface area contributed by atoms with Crippen LogP contribution in [-0.4, -0.2) is 23.1 Å². The maximum absolute atomic E-state index is 11.3. The van der Waals surface area contributed by atoms with Gasteiger partial charge in [0.2, 0.25) is 0 Å². The molecular weight excluding hydrogens is 220 g/mol. The number of carbonyl (C=O) groups is 1. The number of Topliss-reactive ketones (excluding diaryl/α,β-unsaturated/α-hetero) is 1. The molecule has 4 heteroatoms. The Hall–Kier alpha value is -1.71. The number of hydrogen-bond donors (Lipinski definition) is 2. The molecule has 0 amide bonds. The molecule has 1 aromatic carbocycles. The molecule has 0 unspecified atom stereocenters. The molecule has 94 valence electrons. The van der Waals surface area contributed by atoms with Gasteiger partial charge in [-0.15, -0.1) is 0 Å². The van der Waals surface area contributed by atoms with E-state index in [1.165, 1.54) is 13.2 Å². The molecule has 1 rings (SSSR count). The minimum atomic E-state index is -0.0335. The molecule has 17 heavy (non-hydrogen) atoms. The lowest BCUT2D eigenvalue weighted by atomic mass is 10.0. The lowest BCUT2D eigenvalue weighted by Crippen LogP contribution is -2.01. The topological polar surface area (TPSA) is 66.8 Å². The van der Waals surface area contributed by atoms with Crippen molar-refractivity contribution >= 4 is 5.78 Å². The van der Waals surface area contributed by atoms with Crippen molar-refractivity contribution in [2.45, 2.75) is 33.1 Å². The highest BCUT2D eigenvalue weighted by atomic mass is 16.5. The van der Waals surface area contributed by atoms with Crippen molar-refractivity contribution in [3.05, 3.63) is 17.2 Å². The Labute approximate surface area is 101 Å². The van der Waals surface area contributed by atoms with Gasteiger partial charge >= 0.3 is 0 Å². The number of hydrogen-bond acceptors (Lipinski definition) is 4. The van der Waals surface area contributed by atoms with Gasteiger partial charge in [-0.3, -0.25) is 4.79 Å². The first-order valence-corrected chi connectivity index (χ1v) is 5.61. The molecule has 0 atom stereocenters. The van der Waals surface area contributed by atoms with Gasteiger partial charge in [-0.2, -0.15) is 0 Å². The Morgan fingerprint density at radius 1 is 1.35 bits per heavy atom. The van der Waals surface area contributed by atoms with Gasteiger partial charge in [0.25, 0.3) is 0 Å². The third-order valence-electron chi connectivity index (χ3n) is 2.83. The third-order valence-corrected chi connectivity index (χ3v) is 2.83. The van der Waals surface area contributed by atoms with E-state index in [0.29, 0.717) is 36.1 Å². The zero-order valence-corrected chi connectivity index (χ0v) is 10.4. The maximum atomic E-state index is 11.3. The maximum Gasteiger partial charge on any atom is 0.132 e. The fourth-order valence-corrected chi connectivity index (χ4v) is 1.74. The summed E-state index contributed by atoms with van der Waals surface area (Å²) in [5.74, 6) is 0.544. The van der Waals surface area contributed by atoms with Crippen molar-refractivity contribution in [2.75, 3.05) is 7.11 Å². The average Bonchev–Trinajstić information content (AvgIpc) is 2.31. The number of benzene rings is 1. The van der Waals surface area contributed by atoms with E-state index in [4.69, 9.17) is 4.74 Å². The molecule has 4 nitrogen and oxygen atoms in total. The van der Waals surface area contributed by atoms with Crippen LogP contribution in [0.3, 0.4) is 0 Å². The molecule has 0 spiro atoms. The Bertz CT molecular complexity index is 424. The molecule has 0 fully saturated rings. The Morgan fingerprint density at radius 3 is 2.53 bits per heavy atom. The lowest BCUT2D eigenvalue weighted by Gasteiger charge is -2.14. The summed E-state index contributed by atoms with van der Waals surface area (Å²) in [5, 5.41) is 19.3. The van der Waals surface area contributed by atoms with Crippen molar-refractivity contribution in [3.8, 4) is 17.2 Å². The minimum Gasteiger partial charge on any atom is -0.507 e. The quantitative estimate of drug-likeness (QED) is 0.826. The van der Waals surface area contributed by atoms with Crippen molar-refractivity contribution in [1.82, 2.24) is 0 Å². The second-order valence-electron chi connectivity index (χ2n) is 3.94. The summed E-state index contributed by atoms with van der Waals surface area (Å²) in [6.07, 6.45) is 1.27. The Balaban J connectivity index is 3.05. The molecule has 0 aromatic heterocycles. The summed E-state index contributed by atoms with van der Waals surface area (Å²) in [4.78, 5) is 11.3. The van der Waals surface area contributed by atoms with Gasteiger partial charge in [0.05, 0.1) is 7.11 Å². The van der Waals surface area contributed by atoms with Gasteiger partial charge in [-0.1, -0.05) is 6.92 Å². The first kappa shape index (κ1) is 13.4. The summed E-state index contributed by atoms with van der Waals surface area (Å²) < 4.78 is 5.17. The second kappa shape index (κ2) is 5.57. The van der Waals surface area contributed by atoms with E-state index in [1.54, 1.807) is 6.92 Å². The van der Waals surface area contributed by atoms with E-state index < -0.39 is 0 Å². The number of ketones is 1. The van der Waals surface area contributed by atoms with E-state index in [0.717, 1.165) is 0 Å². The van der Waals surface area contributed by atoms with Crippen LogP contribution < -0.4 is 4.74 Å². The van der Waals surface area contributed by atoms with Gasteiger partial charge in [-0.05, 0) is 13.3 Å². The van der Waals surface area contributed by atoms with Gasteiger partial charge in [-0.25, -0.2) is 0 Å². The van der Waals surface area contributed by atoms with E-state index in [1.807, 2.05) is 6.92 Å². The highest BCUT2D eigenvalue weighted by Crippen LogP contribution is 2.38. The van der Waals surface area contributed by atoms with Crippen LogP contribution in [0.5, 0.6) is 17.2 Å². The number of aromatic hydroxyl groups is 2. The lowest BCUT2D eigenvalue weighted by molar-refractivity contribution is -0.118. The molecule has 0 aliphatic rings. The first-order valence-electron chi connectivity index (χ1n) is 5.61. The highest BCUT2D eigenvalue weighted by Gasteiger charge is 2.16. The third kappa shape index (κ3) is 2.90. The second-order valence-corrected chi connectivity index (χ2v) is 3.94. The molecule has 0 aliphatic heterocycles. The van der Waals surface area contributed by atoms with Crippen LogP contribution in [-0.2, 0) is 11.2 Å². The molecular formula is C13H18O4. The number of ether oxygens (including phenoxy) is 1. The monoisotopic (exact) mass is 238 g/mol. The van der Waals surface area contributed by atoms with Crippen molar-refractivity contribution in [2.24, 2.45) is 0 Å². The fraction of sp³-hybridized carbons (Fsp3) is 0.462. The predicted molar refractivity (Wildman–Crippen MR) is 64.7 cm³/mol. The normalized spacial score (nSPS) is 10.3. The molecule has 0 saturated carbocycles. The SMILES string of the molecule is CCC(=O)CCc1c(O)cc(O)c(C)c1OC. The fourth-order valence-electron chi connectivity index (χ4n) is 1.74. The summed E-state index contributed by atoms with van der Waals surface area (Å²) >= 11 is 0. The summed E-state index contributed by atoms with van der Waals surface area (Å²) in [6, 6.07) is 1.28. The number of carbonyl (C=O) groups excluding carboxylic acids is 1. The van der Waals surface area contributed by atoms with E-state index in [-0.39, 0.29) is 17.3 Å². The number of phenols is 2. The van der Waals surface area contributed by atoms with Crippen LogP contribution in [0.25, 0.3) is 0 Å². The van der Waals surface area contributed by atoms with Gasteiger partial charge < -0.3 is 14.9 Å². The van der Waals surface area contributed by atoms with Crippen LogP contribution in [0, 0.1) is 6.92 Å². The Morgan fingerprint density at radius 2 is 2.00 bits per heavy atom. The molecule has 1 aromatic rings. The summed E-state index contributed by atoms with van der Waals surface area (Å²) in [7, 11) is 1.48. The van der Waals surface area contributed by atoms with Crippen molar-refractivity contribution in [1.29, 1.82) is 0 Å². The van der Waals surface area contributed by atoms with Gasteiger partial charge in [0.1, 0.15) is 23.0 Å². The largest absolute Gasteiger partial charge is 0.507 e. The van der Waals surface area contributed by atoms with E-state index >= 15 is 0 Å². The molecule has 0 saturated heterocycles. The van der Waals surface area contributed by atoms with Gasteiger partial charge in [0, 0.05) is 30.0 Å². The summed E-state index contributed by atoms with van der Waals surface area (Å²) in [5.41, 5.74) is 1.15. The van der Waals surface area contributed by atoms with E-state index in [9.17, 15) is 15.0 Å². The number of methoxy groups -OCH3 is 1.